The Balaban J connectivity index is 1.41. The molecular formula is C27H25Cl2N5O4. The van der Waals surface area contributed by atoms with E-state index in [-0.39, 0.29) is 21.5 Å². The second-order valence-electron chi connectivity index (χ2n) is 7.96. The van der Waals surface area contributed by atoms with Gasteiger partial charge in [0.15, 0.2) is 11.5 Å². The molecule has 0 aliphatic carbocycles. The Kier molecular flexibility index (Phi) is 8.73. The lowest BCUT2D eigenvalue weighted by molar-refractivity contribution is 0.258. The van der Waals surface area contributed by atoms with Gasteiger partial charge in [0.05, 0.1) is 24.9 Å². The molecule has 0 bridgehead atoms. The third-order valence-electron chi connectivity index (χ3n) is 5.47. The zero-order valence-corrected chi connectivity index (χ0v) is 22.4. The van der Waals surface area contributed by atoms with Gasteiger partial charge in [-0.1, -0.05) is 53.5 Å². The summed E-state index contributed by atoms with van der Waals surface area (Å²) in [6, 6.07) is 20.0. The molecule has 0 unspecified atom stereocenters. The van der Waals surface area contributed by atoms with Gasteiger partial charge in [-0.25, -0.2) is 14.8 Å². The normalized spacial score (nSPS) is 10.4. The van der Waals surface area contributed by atoms with Gasteiger partial charge in [-0.3, -0.25) is 4.90 Å². The molecule has 4 aromatic rings. The lowest BCUT2D eigenvalue weighted by atomic mass is 10.2. The molecule has 9 nitrogen and oxygen atoms in total. The number of hydrogen-bond acceptors (Lipinski definition) is 7. The lowest BCUT2D eigenvalue weighted by Crippen LogP contribution is -2.32. The smallest absolute Gasteiger partial charge is 0.327 e. The second kappa shape index (κ2) is 12.4. The number of halogens is 2. The van der Waals surface area contributed by atoms with Crippen LogP contribution < -0.4 is 29.7 Å². The van der Waals surface area contributed by atoms with Crippen LogP contribution in [0.4, 0.5) is 27.8 Å². The number of aromatic nitrogens is 2. The van der Waals surface area contributed by atoms with Gasteiger partial charge in [0.1, 0.15) is 35.3 Å². The summed E-state index contributed by atoms with van der Waals surface area (Å²) in [5, 5.41) is 6.19. The first-order chi connectivity index (χ1) is 18.4. The van der Waals surface area contributed by atoms with Crippen LogP contribution in [0.2, 0.25) is 10.0 Å². The third-order valence-corrected chi connectivity index (χ3v) is 6.13. The van der Waals surface area contributed by atoms with Crippen molar-refractivity contribution in [1.82, 2.24) is 9.97 Å². The summed E-state index contributed by atoms with van der Waals surface area (Å²) in [7, 11) is 4.46. The number of nitrogens with one attached hydrogen (secondary N) is 2. The minimum absolute atomic E-state index is 0.111. The van der Waals surface area contributed by atoms with Crippen LogP contribution in [0.5, 0.6) is 17.2 Å². The van der Waals surface area contributed by atoms with E-state index in [9.17, 15) is 4.79 Å². The Morgan fingerprint density at radius 2 is 1.71 bits per heavy atom. The van der Waals surface area contributed by atoms with Crippen molar-refractivity contribution in [3.05, 3.63) is 88.7 Å². The molecule has 1 aromatic heterocycles. The molecule has 11 heteroatoms. The van der Waals surface area contributed by atoms with Crippen LogP contribution in [-0.2, 0) is 6.61 Å². The number of hydrogen-bond donors (Lipinski definition) is 2. The molecule has 0 aliphatic heterocycles. The van der Waals surface area contributed by atoms with Crippen molar-refractivity contribution in [2.45, 2.75) is 6.61 Å². The molecule has 2 amide bonds. The van der Waals surface area contributed by atoms with Crippen molar-refractivity contribution in [3.63, 3.8) is 0 Å². The largest absolute Gasteiger partial charge is 0.493 e. The summed E-state index contributed by atoms with van der Waals surface area (Å²) in [4.78, 5) is 22.7. The summed E-state index contributed by atoms with van der Waals surface area (Å²) in [5.41, 5.74) is 2.06. The molecule has 38 heavy (non-hydrogen) atoms. The van der Waals surface area contributed by atoms with Crippen molar-refractivity contribution in [2.24, 2.45) is 0 Å². The fourth-order valence-electron chi connectivity index (χ4n) is 3.45. The predicted octanol–water partition coefficient (Wildman–Crippen LogP) is 6.79. The second-order valence-corrected chi connectivity index (χ2v) is 8.74. The van der Waals surface area contributed by atoms with Crippen LogP contribution >= 0.6 is 23.2 Å². The lowest BCUT2D eigenvalue weighted by Gasteiger charge is -2.20. The molecule has 4 rings (SSSR count). The van der Waals surface area contributed by atoms with Crippen LogP contribution in [0.3, 0.4) is 0 Å². The van der Waals surface area contributed by atoms with Crippen LogP contribution in [0, 0.1) is 0 Å². The number of ether oxygens (including phenoxy) is 3. The molecule has 0 fully saturated rings. The zero-order valence-electron chi connectivity index (χ0n) is 20.9. The van der Waals surface area contributed by atoms with E-state index in [0.717, 1.165) is 17.0 Å². The summed E-state index contributed by atoms with van der Waals surface area (Å²) >= 11 is 12.7. The highest BCUT2D eigenvalue weighted by atomic mass is 35.5. The quantitative estimate of drug-likeness (QED) is 0.235. The van der Waals surface area contributed by atoms with Crippen molar-refractivity contribution < 1.29 is 19.0 Å². The van der Waals surface area contributed by atoms with Crippen LogP contribution in [0.25, 0.3) is 0 Å². The summed E-state index contributed by atoms with van der Waals surface area (Å²) in [5.74, 6) is 2.18. The summed E-state index contributed by atoms with van der Waals surface area (Å²) in [6.07, 6.45) is 1.36. The van der Waals surface area contributed by atoms with Crippen LogP contribution in [0.15, 0.2) is 73.1 Å². The number of rotatable bonds is 9. The molecule has 196 valence electrons. The molecule has 0 spiro atoms. The molecule has 0 aliphatic rings. The van der Waals surface area contributed by atoms with E-state index in [1.807, 2.05) is 54.6 Å². The number of carbonyl (C=O) groups excluding carboxylic acids is 1. The number of amides is 2. The number of methoxy groups -OCH3 is 2. The van der Waals surface area contributed by atoms with E-state index in [2.05, 4.69) is 20.6 Å². The molecule has 1 heterocycles. The van der Waals surface area contributed by atoms with Gasteiger partial charge in [0, 0.05) is 24.9 Å². The molecule has 2 N–H and O–H groups in total. The maximum atomic E-state index is 13.0. The Labute approximate surface area is 230 Å². The third kappa shape index (κ3) is 6.37. The minimum Gasteiger partial charge on any atom is -0.493 e. The van der Waals surface area contributed by atoms with E-state index < -0.39 is 6.03 Å². The van der Waals surface area contributed by atoms with Gasteiger partial charge in [-0.15, -0.1) is 0 Å². The molecule has 0 saturated heterocycles. The van der Waals surface area contributed by atoms with E-state index in [1.165, 1.54) is 31.5 Å². The zero-order chi connectivity index (χ0) is 27.1. The Hall–Kier alpha value is -4.21. The maximum Gasteiger partial charge on any atom is 0.327 e. The van der Waals surface area contributed by atoms with E-state index >= 15 is 0 Å². The van der Waals surface area contributed by atoms with E-state index in [4.69, 9.17) is 37.4 Å². The topological polar surface area (TPSA) is 97.8 Å². The first-order valence-corrected chi connectivity index (χ1v) is 12.2. The van der Waals surface area contributed by atoms with Gasteiger partial charge in [0.25, 0.3) is 0 Å². The van der Waals surface area contributed by atoms with Gasteiger partial charge >= 0.3 is 6.03 Å². The Morgan fingerprint density at radius 3 is 2.39 bits per heavy atom. The molecular weight excluding hydrogens is 529 g/mol. The van der Waals surface area contributed by atoms with Crippen molar-refractivity contribution in [1.29, 1.82) is 0 Å². The summed E-state index contributed by atoms with van der Waals surface area (Å²) in [6.45, 7) is 0.483. The highest BCUT2D eigenvalue weighted by Crippen LogP contribution is 2.44. The molecule has 0 atom stereocenters. The maximum absolute atomic E-state index is 13.0. The highest BCUT2D eigenvalue weighted by molar-refractivity contribution is 6.41. The fourth-order valence-corrected chi connectivity index (χ4v) is 4.06. The fraction of sp³-hybridized carbons (Fsp3) is 0.148. The van der Waals surface area contributed by atoms with Crippen LogP contribution in [0.1, 0.15) is 5.56 Å². The SMILES string of the molecule is COc1cc(Cl)c(NC(=O)N(C)c2cc(Nc3ccc(OCc4ccccc4)cc3)ncn2)c(Cl)c1OC. The highest BCUT2D eigenvalue weighted by Gasteiger charge is 2.21. The number of anilines is 4. The minimum atomic E-state index is -0.523. The average molecular weight is 554 g/mol. The number of benzene rings is 3. The van der Waals surface area contributed by atoms with Gasteiger partial charge in [0.2, 0.25) is 0 Å². The number of nitrogens with zero attached hydrogens (tertiary/aromatic N) is 3. The monoisotopic (exact) mass is 553 g/mol. The Bertz CT molecular complexity index is 1400. The van der Waals surface area contributed by atoms with Gasteiger partial charge in [-0.2, -0.15) is 0 Å². The van der Waals surface area contributed by atoms with Crippen molar-refractivity contribution >= 4 is 52.2 Å². The first-order valence-electron chi connectivity index (χ1n) is 11.4. The van der Waals surface area contributed by atoms with Crippen LogP contribution in [-0.4, -0.2) is 37.3 Å². The van der Waals surface area contributed by atoms with Gasteiger partial charge < -0.3 is 24.8 Å². The predicted molar refractivity (Wildman–Crippen MR) is 150 cm³/mol. The number of urea groups is 1. The first kappa shape index (κ1) is 26.8. The van der Waals surface area contributed by atoms with E-state index in [0.29, 0.717) is 24.0 Å². The van der Waals surface area contributed by atoms with E-state index in [1.54, 1.807) is 13.1 Å². The van der Waals surface area contributed by atoms with Gasteiger partial charge in [-0.05, 0) is 29.8 Å². The number of carbonyl (C=O) groups is 1. The average Bonchev–Trinajstić information content (AvgIpc) is 2.94. The Morgan fingerprint density at radius 1 is 0.974 bits per heavy atom. The molecule has 0 saturated carbocycles. The standard InChI is InChI=1S/C27H25Cl2N5O4/c1-34(27(35)33-25-20(28)13-21(36-2)26(37-3)24(25)29)23-14-22(30-16-31-23)32-18-9-11-19(12-10-18)38-15-17-7-5-4-6-8-17/h4-14,16H,15H2,1-3H3,(H,33,35)(H,30,31,32). The van der Waals surface area contributed by atoms with Crippen molar-refractivity contribution in [2.75, 3.05) is 36.8 Å². The van der Waals surface area contributed by atoms with Crippen molar-refractivity contribution in [3.8, 4) is 17.2 Å². The molecule has 3 aromatic carbocycles. The molecule has 0 radical (unpaired) electrons. The summed E-state index contributed by atoms with van der Waals surface area (Å²) < 4.78 is 16.3.